The standard InChI is InChI=1S/C17H20ClN3O3/c1-4-10(2)15(17(23)24)20-16(22)14-9-19-21(11(14)3)13-7-5-6-12(18)8-13/h5-10,15H,4H2,1-3H3,(H,20,22)(H,23,24)/t10-,15-/m0/s1. The summed E-state index contributed by atoms with van der Waals surface area (Å²) in [5.74, 6) is -1.67. The Morgan fingerprint density at radius 2 is 2.12 bits per heavy atom. The molecule has 2 rings (SSSR count). The molecule has 0 saturated heterocycles. The number of nitrogens with zero attached hydrogens (tertiary/aromatic N) is 2. The van der Waals surface area contributed by atoms with Crippen LogP contribution in [0.1, 0.15) is 36.3 Å². The number of carboxylic acids is 1. The third kappa shape index (κ3) is 3.76. The van der Waals surface area contributed by atoms with Crippen LogP contribution in [0.4, 0.5) is 0 Å². The number of benzene rings is 1. The molecule has 2 aromatic rings. The highest BCUT2D eigenvalue weighted by atomic mass is 35.5. The number of carbonyl (C=O) groups is 2. The monoisotopic (exact) mass is 349 g/mol. The van der Waals surface area contributed by atoms with Crippen LogP contribution < -0.4 is 5.32 Å². The maximum absolute atomic E-state index is 12.5. The molecule has 2 N–H and O–H groups in total. The first-order valence-corrected chi connectivity index (χ1v) is 8.07. The molecule has 0 saturated carbocycles. The lowest BCUT2D eigenvalue weighted by Crippen LogP contribution is -2.45. The van der Waals surface area contributed by atoms with Crippen LogP contribution in [0.3, 0.4) is 0 Å². The number of amides is 1. The highest BCUT2D eigenvalue weighted by Crippen LogP contribution is 2.18. The van der Waals surface area contributed by atoms with Crippen LogP contribution in [0.25, 0.3) is 5.69 Å². The van der Waals surface area contributed by atoms with E-state index in [1.54, 1.807) is 36.7 Å². The Hall–Kier alpha value is -2.34. The molecule has 0 spiro atoms. The van der Waals surface area contributed by atoms with Crippen LogP contribution in [0.2, 0.25) is 5.02 Å². The fourth-order valence-corrected chi connectivity index (χ4v) is 2.59. The van der Waals surface area contributed by atoms with Crippen molar-refractivity contribution in [2.45, 2.75) is 33.2 Å². The van der Waals surface area contributed by atoms with Crippen molar-refractivity contribution in [3.05, 3.63) is 46.7 Å². The van der Waals surface area contributed by atoms with E-state index in [-0.39, 0.29) is 5.92 Å². The van der Waals surface area contributed by atoms with E-state index in [1.807, 2.05) is 13.0 Å². The largest absolute Gasteiger partial charge is 0.480 e. The fraction of sp³-hybridized carbons (Fsp3) is 0.353. The average Bonchev–Trinajstić information content (AvgIpc) is 2.93. The maximum Gasteiger partial charge on any atom is 0.326 e. The normalized spacial score (nSPS) is 13.3. The summed E-state index contributed by atoms with van der Waals surface area (Å²) in [5, 5.41) is 16.7. The average molecular weight is 350 g/mol. The van der Waals surface area contributed by atoms with Crippen molar-refractivity contribution in [1.29, 1.82) is 0 Å². The third-order valence-corrected chi connectivity index (χ3v) is 4.31. The smallest absolute Gasteiger partial charge is 0.326 e. The lowest BCUT2D eigenvalue weighted by molar-refractivity contribution is -0.140. The van der Waals surface area contributed by atoms with Crippen LogP contribution in [0, 0.1) is 12.8 Å². The van der Waals surface area contributed by atoms with Crippen molar-refractivity contribution in [2.75, 3.05) is 0 Å². The number of halogens is 1. The van der Waals surface area contributed by atoms with E-state index in [4.69, 9.17) is 11.6 Å². The van der Waals surface area contributed by atoms with Gasteiger partial charge in [0.1, 0.15) is 6.04 Å². The van der Waals surface area contributed by atoms with E-state index in [0.29, 0.717) is 22.7 Å². The predicted octanol–water partition coefficient (Wildman–Crippen LogP) is 3.06. The van der Waals surface area contributed by atoms with Gasteiger partial charge in [-0.15, -0.1) is 0 Å². The number of carboxylic acid groups (broad SMARTS) is 1. The Morgan fingerprint density at radius 3 is 2.71 bits per heavy atom. The molecule has 0 aliphatic carbocycles. The van der Waals surface area contributed by atoms with Crippen molar-refractivity contribution in [2.24, 2.45) is 5.92 Å². The van der Waals surface area contributed by atoms with Gasteiger partial charge in [0, 0.05) is 5.02 Å². The minimum atomic E-state index is -1.04. The summed E-state index contributed by atoms with van der Waals surface area (Å²) < 4.78 is 1.60. The molecule has 24 heavy (non-hydrogen) atoms. The van der Waals surface area contributed by atoms with Crippen molar-refractivity contribution in [3.63, 3.8) is 0 Å². The quantitative estimate of drug-likeness (QED) is 0.839. The van der Waals surface area contributed by atoms with Crippen molar-refractivity contribution in [3.8, 4) is 5.69 Å². The molecular weight excluding hydrogens is 330 g/mol. The van der Waals surface area contributed by atoms with E-state index < -0.39 is 17.9 Å². The Kier molecular flexibility index (Phi) is 5.62. The summed E-state index contributed by atoms with van der Waals surface area (Å²) in [5.41, 5.74) is 1.68. The zero-order valence-corrected chi connectivity index (χ0v) is 14.5. The van der Waals surface area contributed by atoms with Gasteiger partial charge in [-0.2, -0.15) is 5.10 Å². The molecule has 0 aliphatic heterocycles. The van der Waals surface area contributed by atoms with Crippen molar-refractivity contribution >= 4 is 23.5 Å². The van der Waals surface area contributed by atoms with Crippen LogP contribution in [0.15, 0.2) is 30.5 Å². The van der Waals surface area contributed by atoms with Gasteiger partial charge in [-0.25, -0.2) is 9.48 Å². The topological polar surface area (TPSA) is 84.2 Å². The SMILES string of the molecule is CC[C@H](C)[C@H](NC(=O)c1cnn(-c2cccc(Cl)c2)c1C)C(=O)O. The molecule has 0 radical (unpaired) electrons. The highest BCUT2D eigenvalue weighted by Gasteiger charge is 2.27. The summed E-state index contributed by atoms with van der Waals surface area (Å²) in [6, 6.07) is 6.18. The number of hydrogen-bond acceptors (Lipinski definition) is 3. The first-order chi connectivity index (χ1) is 11.3. The minimum Gasteiger partial charge on any atom is -0.480 e. The van der Waals surface area contributed by atoms with E-state index in [2.05, 4.69) is 10.4 Å². The van der Waals surface area contributed by atoms with Crippen LogP contribution in [-0.4, -0.2) is 32.8 Å². The second-order valence-electron chi connectivity index (χ2n) is 5.71. The van der Waals surface area contributed by atoms with Gasteiger partial charge < -0.3 is 10.4 Å². The van der Waals surface area contributed by atoms with E-state index in [0.717, 1.165) is 5.69 Å². The summed E-state index contributed by atoms with van der Waals surface area (Å²) >= 11 is 5.99. The maximum atomic E-state index is 12.5. The molecule has 0 aliphatic rings. The number of aromatic nitrogens is 2. The van der Waals surface area contributed by atoms with E-state index in [9.17, 15) is 14.7 Å². The van der Waals surface area contributed by atoms with E-state index >= 15 is 0 Å². The first kappa shape index (κ1) is 18.0. The number of carbonyl (C=O) groups excluding carboxylic acids is 1. The lowest BCUT2D eigenvalue weighted by atomic mass is 9.99. The Labute approximate surface area is 145 Å². The summed E-state index contributed by atoms with van der Waals surface area (Å²) in [4.78, 5) is 23.8. The second-order valence-corrected chi connectivity index (χ2v) is 6.15. The van der Waals surface area contributed by atoms with Gasteiger partial charge in [0.2, 0.25) is 0 Å². The van der Waals surface area contributed by atoms with Gasteiger partial charge in [0.05, 0.1) is 23.1 Å². The second kappa shape index (κ2) is 7.49. The molecule has 0 unspecified atom stereocenters. The molecule has 0 fully saturated rings. The number of nitrogens with one attached hydrogen (secondary N) is 1. The van der Waals surface area contributed by atoms with Crippen LogP contribution >= 0.6 is 11.6 Å². The van der Waals surface area contributed by atoms with Gasteiger partial charge >= 0.3 is 5.97 Å². The molecule has 0 bridgehead atoms. The Morgan fingerprint density at radius 1 is 1.42 bits per heavy atom. The van der Waals surface area contributed by atoms with Gasteiger partial charge in [-0.1, -0.05) is 37.9 Å². The van der Waals surface area contributed by atoms with Gasteiger partial charge in [0.25, 0.3) is 5.91 Å². The summed E-state index contributed by atoms with van der Waals surface area (Å²) in [7, 11) is 0. The van der Waals surface area contributed by atoms with Gasteiger partial charge in [-0.05, 0) is 31.0 Å². The molecule has 6 nitrogen and oxygen atoms in total. The van der Waals surface area contributed by atoms with E-state index in [1.165, 1.54) is 6.20 Å². The zero-order chi connectivity index (χ0) is 17.9. The lowest BCUT2D eigenvalue weighted by Gasteiger charge is -2.20. The predicted molar refractivity (Wildman–Crippen MR) is 91.7 cm³/mol. The van der Waals surface area contributed by atoms with Crippen molar-refractivity contribution < 1.29 is 14.7 Å². The highest BCUT2D eigenvalue weighted by molar-refractivity contribution is 6.30. The molecule has 7 heteroatoms. The number of aliphatic carboxylic acids is 1. The molecule has 1 aromatic carbocycles. The summed E-state index contributed by atoms with van der Waals surface area (Å²) in [6.45, 7) is 5.43. The molecular formula is C17H20ClN3O3. The number of rotatable bonds is 6. The van der Waals surface area contributed by atoms with Crippen molar-refractivity contribution in [1.82, 2.24) is 15.1 Å². The van der Waals surface area contributed by atoms with Gasteiger partial charge in [0.15, 0.2) is 0 Å². The van der Waals surface area contributed by atoms with Gasteiger partial charge in [-0.3, -0.25) is 4.79 Å². The molecule has 128 valence electrons. The molecule has 1 aromatic heterocycles. The van der Waals surface area contributed by atoms with Crippen LogP contribution in [-0.2, 0) is 4.79 Å². The first-order valence-electron chi connectivity index (χ1n) is 7.69. The Balaban J connectivity index is 2.27. The summed E-state index contributed by atoms with van der Waals surface area (Å²) in [6.07, 6.45) is 2.08. The third-order valence-electron chi connectivity index (χ3n) is 4.07. The number of hydrogen-bond donors (Lipinski definition) is 2. The minimum absolute atomic E-state index is 0.172. The molecule has 1 heterocycles. The van der Waals surface area contributed by atoms with Crippen LogP contribution in [0.5, 0.6) is 0 Å². The molecule has 1 amide bonds. The molecule has 2 atom stereocenters. The zero-order valence-electron chi connectivity index (χ0n) is 13.8. The Bertz CT molecular complexity index is 757. The fourth-order valence-electron chi connectivity index (χ4n) is 2.40.